The second-order valence-electron chi connectivity index (χ2n) is 22.5. The van der Waals surface area contributed by atoms with E-state index in [2.05, 4.69) is 60.1 Å². The quantitative estimate of drug-likeness (QED) is 0.0293. The summed E-state index contributed by atoms with van der Waals surface area (Å²) < 4.78 is 64.2. The van der Waals surface area contributed by atoms with Crippen LogP contribution in [0.3, 0.4) is 0 Å². The number of amides is 4. The summed E-state index contributed by atoms with van der Waals surface area (Å²) in [6, 6.07) is 11.2. The van der Waals surface area contributed by atoms with E-state index in [0.29, 0.717) is 68.6 Å². The Morgan fingerprint density at radius 2 is 1.67 bits per heavy atom. The maximum Gasteiger partial charge on any atom is 0.266 e. The molecule has 9 rings (SSSR count). The van der Waals surface area contributed by atoms with E-state index in [-0.39, 0.29) is 82.5 Å². The topological polar surface area (TPSA) is 223 Å². The average Bonchev–Trinajstić information content (AvgIpc) is 4.33. The van der Waals surface area contributed by atoms with Crippen molar-refractivity contribution in [2.75, 3.05) is 63.6 Å². The van der Waals surface area contributed by atoms with Gasteiger partial charge in [-0.1, -0.05) is 54.0 Å². The minimum Gasteiger partial charge on any atom is -0.493 e. The highest BCUT2D eigenvalue weighted by Gasteiger charge is 2.43. The summed E-state index contributed by atoms with van der Waals surface area (Å²) in [5.41, 5.74) is 1.77. The van der Waals surface area contributed by atoms with Crippen molar-refractivity contribution in [3.05, 3.63) is 83.4 Å². The highest BCUT2D eigenvalue weighted by atomic mass is 35.5. The number of carbonyl (C=O) groups is 4. The van der Waals surface area contributed by atoms with Gasteiger partial charge in [0.15, 0.2) is 5.13 Å². The minimum atomic E-state index is -4.37. The van der Waals surface area contributed by atoms with Crippen molar-refractivity contribution in [1.29, 1.82) is 0 Å². The molecule has 2 aromatic carbocycles. The van der Waals surface area contributed by atoms with Crippen molar-refractivity contribution in [3.8, 4) is 5.75 Å². The third-order valence-corrected chi connectivity index (χ3v) is 19.5. The van der Waals surface area contributed by atoms with Gasteiger partial charge < -0.3 is 45.3 Å². The first-order valence-corrected chi connectivity index (χ1v) is 31.8. The van der Waals surface area contributed by atoms with Crippen LogP contribution in [0.5, 0.6) is 5.75 Å². The zero-order valence-electron chi connectivity index (χ0n) is 46.6. The molecule has 4 fully saturated rings. The molecule has 1 unspecified atom stereocenters. The Balaban J connectivity index is 0.612. The van der Waals surface area contributed by atoms with E-state index in [0.717, 1.165) is 137 Å². The minimum absolute atomic E-state index is 0.0102. The van der Waals surface area contributed by atoms with Crippen LogP contribution in [-0.4, -0.2) is 136 Å². The SMILES string of the molecule is CN(CCCNC(=O)C1CCC(NC(=O)CCCOC2CCC(OCCNC(=O)[C@H]3CC(=O)N(C)[C@@H]3c3cccnc3)CC2)CC1)[C@H]1CCCC[C@@H]1Nc1cc(F)c(S(=O)(=O)Nc2nc3ccc(OCC4C=CCC4)cc3s2)cc1Cl. The molecular weight excluding hydrogens is 1100 g/mol. The third-order valence-electron chi connectivity index (χ3n) is 16.8. The van der Waals surface area contributed by atoms with Crippen molar-refractivity contribution in [3.63, 3.8) is 0 Å². The number of anilines is 2. The Bertz CT molecular complexity index is 2920. The van der Waals surface area contributed by atoms with Crippen LogP contribution in [0, 0.1) is 23.6 Å². The molecule has 22 heteroatoms. The maximum absolute atomic E-state index is 15.8. The molecule has 5 aliphatic rings. The molecule has 4 aliphatic carbocycles. The Morgan fingerprint density at radius 3 is 2.42 bits per heavy atom. The number of nitrogens with zero attached hydrogens (tertiary/aromatic N) is 4. The number of ether oxygens (including phenoxy) is 3. The summed E-state index contributed by atoms with van der Waals surface area (Å²) in [5, 5.41) is 12.9. The lowest BCUT2D eigenvalue weighted by molar-refractivity contribution is -0.128. The number of likely N-dealkylation sites (N-methyl/N-ethyl adjacent to an activating group) is 1. The third kappa shape index (κ3) is 16.4. The van der Waals surface area contributed by atoms with E-state index in [1.807, 2.05) is 24.3 Å². The first-order valence-electron chi connectivity index (χ1n) is 29.1. The zero-order chi connectivity index (χ0) is 56.9. The summed E-state index contributed by atoms with van der Waals surface area (Å²) in [4.78, 5) is 63.5. The molecule has 5 N–H and O–H groups in total. The van der Waals surface area contributed by atoms with Gasteiger partial charge in [0.1, 0.15) is 16.5 Å². The van der Waals surface area contributed by atoms with Crippen LogP contribution in [0.15, 0.2) is 71.9 Å². The van der Waals surface area contributed by atoms with Crippen LogP contribution >= 0.6 is 22.9 Å². The van der Waals surface area contributed by atoms with Crippen molar-refractivity contribution in [1.82, 2.24) is 35.7 Å². The van der Waals surface area contributed by atoms with E-state index >= 15 is 4.39 Å². The Labute approximate surface area is 484 Å². The van der Waals surface area contributed by atoms with Crippen molar-refractivity contribution < 1.29 is 46.2 Å². The van der Waals surface area contributed by atoms with Gasteiger partial charge in [-0.15, -0.1) is 0 Å². The van der Waals surface area contributed by atoms with Crippen LogP contribution in [-0.2, 0) is 38.7 Å². The monoisotopic (exact) mass is 1180 g/mol. The van der Waals surface area contributed by atoms with Crippen molar-refractivity contribution in [2.24, 2.45) is 17.8 Å². The van der Waals surface area contributed by atoms with Crippen molar-refractivity contribution >= 4 is 77.6 Å². The van der Waals surface area contributed by atoms with Crippen LogP contribution in [0.2, 0.25) is 5.02 Å². The fourth-order valence-corrected chi connectivity index (χ4v) is 14.7. The number of hydrogen-bond acceptors (Lipinski definition) is 14. The van der Waals surface area contributed by atoms with Gasteiger partial charge in [0.25, 0.3) is 10.0 Å². The number of pyridine rings is 1. The number of thiazole rings is 1. The largest absolute Gasteiger partial charge is 0.493 e. The highest BCUT2D eigenvalue weighted by Crippen LogP contribution is 2.38. The maximum atomic E-state index is 15.8. The smallest absolute Gasteiger partial charge is 0.266 e. The fraction of sp³-hybridized carbons (Fsp3) is 0.593. The van der Waals surface area contributed by atoms with E-state index < -0.39 is 26.7 Å². The molecule has 81 heavy (non-hydrogen) atoms. The van der Waals surface area contributed by atoms with Crippen LogP contribution in [0.25, 0.3) is 10.2 Å². The molecule has 1 aliphatic heterocycles. The summed E-state index contributed by atoms with van der Waals surface area (Å²) in [5.74, 6) is -0.597. The predicted octanol–water partition coefficient (Wildman–Crippen LogP) is 8.93. The standard InChI is InChI=1S/C59H79ClFN9O9S2/c1-69(51-14-6-5-13-48(51)66-50-35-47(61)53(34-46(50)60)81(75,76)68-59-67-49-25-24-44(32-52(49)80-59)79-37-38-10-3-4-11-38)29-9-27-63-57(73)39-16-18-41(19-17-39)65-54(71)15-8-30-77-42-20-22-43(23-21-42)78-31-28-64-58(74)45-33-55(72)70(2)56(45)40-12-7-26-62-36-40/h3,7,10,12,24-26,32,34-36,38-39,41-43,45,48,51,56,66H,4-6,8-9,11,13-23,27-31,33,37H2,1-2H3,(H,63,73)(H,64,74)(H,65,71)(H,67,68)/t38?,39?,41?,42?,43?,45-,48-,51-,56+/m0/s1. The lowest BCUT2D eigenvalue weighted by Gasteiger charge is -2.39. The Hall–Kier alpha value is -5.45. The second-order valence-corrected chi connectivity index (χ2v) is 25.6. The summed E-state index contributed by atoms with van der Waals surface area (Å²) >= 11 is 7.83. The highest BCUT2D eigenvalue weighted by molar-refractivity contribution is 7.93. The van der Waals surface area contributed by atoms with Gasteiger partial charge in [-0.2, -0.15) is 0 Å². The number of aromatic nitrogens is 2. The van der Waals surface area contributed by atoms with E-state index in [1.54, 1.807) is 30.4 Å². The molecule has 1 saturated heterocycles. The van der Waals surface area contributed by atoms with Crippen LogP contribution in [0.4, 0.5) is 15.2 Å². The van der Waals surface area contributed by atoms with Gasteiger partial charge in [-0.3, -0.25) is 28.9 Å². The molecule has 2 aromatic heterocycles. The number of allylic oxidation sites excluding steroid dienone is 1. The summed E-state index contributed by atoms with van der Waals surface area (Å²) in [7, 11) is -0.585. The molecular formula is C59H79ClFN9O9S2. The predicted molar refractivity (Wildman–Crippen MR) is 311 cm³/mol. The number of halogens is 2. The van der Waals surface area contributed by atoms with Gasteiger partial charge in [0, 0.05) is 81.9 Å². The molecule has 3 heterocycles. The average molecular weight is 1180 g/mol. The molecule has 4 amide bonds. The molecule has 5 atom stereocenters. The number of carbonyl (C=O) groups excluding carboxylic acids is 4. The first kappa shape index (κ1) is 60.2. The molecule has 18 nitrogen and oxygen atoms in total. The zero-order valence-corrected chi connectivity index (χ0v) is 48.9. The molecule has 4 aromatic rings. The summed E-state index contributed by atoms with van der Waals surface area (Å²) in [6.07, 6.45) is 22.2. The van der Waals surface area contributed by atoms with Gasteiger partial charge in [-0.05, 0) is 145 Å². The van der Waals surface area contributed by atoms with Crippen molar-refractivity contribution in [2.45, 2.75) is 157 Å². The number of nitrogens with one attached hydrogen (secondary N) is 5. The van der Waals surface area contributed by atoms with Gasteiger partial charge in [0.2, 0.25) is 23.6 Å². The lowest BCUT2D eigenvalue weighted by atomic mass is 9.85. The lowest BCUT2D eigenvalue weighted by Crippen LogP contribution is -2.48. The molecule has 3 saturated carbocycles. The second kappa shape index (κ2) is 28.7. The molecule has 0 spiro atoms. The number of rotatable bonds is 26. The Morgan fingerprint density at radius 1 is 0.901 bits per heavy atom. The molecule has 0 bridgehead atoms. The number of sulfonamides is 1. The summed E-state index contributed by atoms with van der Waals surface area (Å²) in [6.45, 7) is 3.12. The van der Waals surface area contributed by atoms with Gasteiger partial charge in [0.05, 0.1) is 58.3 Å². The van der Waals surface area contributed by atoms with Crippen LogP contribution < -0.4 is 30.7 Å². The number of fused-ring (bicyclic) bond motifs is 1. The first-order chi connectivity index (χ1) is 39.2. The van der Waals surface area contributed by atoms with Gasteiger partial charge in [-0.25, -0.2) is 17.8 Å². The number of likely N-dealkylation sites (tertiary alicyclic amines) is 1. The fourth-order valence-electron chi connectivity index (χ4n) is 12.2. The van der Waals surface area contributed by atoms with E-state index in [1.165, 1.54) is 0 Å². The van der Waals surface area contributed by atoms with E-state index in [4.69, 9.17) is 25.8 Å². The number of benzene rings is 2. The molecule has 440 valence electrons. The molecule has 0 radical (unpaired) electrons. The van der Waals surface area contributed by atoms with Crippen LogP contribution in [0.1, 0.15) is 127 Å². The Kier molecular flexibility index (Phi) is 21.3. The van der Waals surface area contributed by atoms with E-state index in [9.17, 15) is 27.6 Å². The number of hydrogen-bond donors (Lipinski definition) is 5. The van der Waals surface area contributed by atoms with Gasteiger partial charge >= 0.3 is 0 Å². The normalized spacial score (nSPS) is 25.0.